The summed E-state index contributed by atoms with van der Waals surface area (Å²) in [4.78, 5) is 50.1. The third-order valence-electron chi connectivity index (χ3n) is 4.29. The number of rotatable bonds is 2. The molecule has 1 aromatic carbocycles. The summed E-state index contributed by atoms with van der Waals surface area (Å²) < 4.78 is 0. The number of nitrogens with one attached hydrogen (secondary N) is 2. The minimum absolute atomic E-state index is 0.272. The van der Waals surface area contributed by atoms with Crippen molar-refractivity contribution < 1.29 is 24.3 Å². The van der Waals surface area contributed by atoms with Gasteiger partial charge in [0.2, 0.25) is 5.54 Å². The Labute approximate surface area is 137 Å². The fourth-order valence-corrected chi connectivity index (χ4v) is 3.33. The van der Waals surface area contributed by atoms with Gasteiger partial charge in [-0.25, -0.2) is 9.59 Å². The molecule has 0 radical (unpaired) electrons. The molecule has 2 heterocycles. The molecule has 0 aliphatic carbocycles. The highest BCUT2D eigenvalue weighted by atomic mass is 16.4. The summed E-state index contributed by atoms with van der Waals surface area (Å²) >= 11 is 0. The fourth-order valence-electron chi connectivity index (χ4n) is 3.33. The summed E-state index contributed by atoms with van der Waals surface area (Å²) in [5.41, 5.74) is -2.12. The lowest BCUT2D eigenvalue weighted by atomic mass is 9.85. The fraction of sp³-hybridized carbons (Fsp3) is 0.375. The number of imide groups is 1. The zero-order valence-electron chi connectivity index (χ0n) is 13.4. The molecule has 1 fully saturated rings. The van der Waals surface area contributed by atoms with Crippen molar-refractivity contribution in [3.63, 3.8) is 0 Å². The number of carbonyl (C=O) groups is 4. The Bertz CT molecular complexity index is 782. The number of anilines is 1. The van der Waals surface area contributed by atoms with E-state index >= 15 is 0 Å². The van der Waals surface area contributed by atoms with Gasteiger partial charge in [-0.05, 0) is 11.5 Å². The molecule has 2 atom stereocenters. The van der Waals surface area contributed by atoms with Crippen molar-refractivity contribution in [2.75, 3.05) is 4.90 Å². The van der Waals surface area contributed by atoms with Crippen LogP contribution in [0.1, 0.15) is 26.3 Å². The minimum Gasteiger partial charge on any atom is -0.480 e. The second-order valence-electron chi connectivity index (χ2n) is 6.96. The van der Waals surface area contributed by atoms with Gasteiger partial charge >= 0.3 is 12.0 Å². The first-order valence-corrected chi connectivity index (χ1v) is 7.40. The third-order valence-corrected chi connectivity index (χ3v) is 4.29. The Morgan fingerprint density at radius 2 is 1.83 bits per heavy atom. The smallest absolute Gasteiger partial charge is 0.327 e. The van der Waals surface area contributed by atoms with E-state index in [9.17, 15) is 24.3 Å². The molecule has 4 amide bonds. The summed E-state index contributed by atoms with van der Waals surface area (Å²) in [6.45, 7) is 5.08. The highest BCUT2D eigenvalue weighted by molar-refractivity contribution is 6.28. The van der Waals surface area contributed by atoms with Crippen molar-refractivity contribution in [2.45, 2.75) is 32.4 Å². The van der Waals surface area contributed by atoms with Crippen LogP contribution < -0.4 is 15.5 Å². The number of benzene rings is 1. The van der Waals surface area contributed by atoms with Crippen LogP contribution in [-0.2, 0) is 19.9 Å². The van der Waals surface area contributed by atoms with Gasteiger partial charge in [0, 0.05) is 5.56 Å². The lowest BCUT2D eigenvalue weighted by molar-refractivity contribution is -0.144. The number of fused-ring (bicyclic) bond motifs is 2. The van der Waals surface area contributed by atoms with Crippen LogP contribution in [0.15, 0.2) is 24.3 Å². The van der Waals surface area contributed by atoms with E-state index in [1.807, 2.05) is 0 Å². The maximum absolute atomic E-state index is 13.1. The van der Waals surface area contributed by atoms with E-state index in [1.165, 1.54) is 0 Å². The van der Waals surface area contributed by atoms with Gasteiger partial charge in [0.1, 0.15) is 6.04 Å². The number of hydrogen-bond acceptors (Lipinski definition) is 4. The number of urea groups is 1. The minimum atomic E-state index is -1.91. The highest BCUT2D eigenvalue weighted by Crippen LogP contribution is 2.45. The number of carbonyl (C=O) groups excluding carboxylic acids is 3. The molecule has 1 spiro atoms. The van der Waals surface area contributed by atoms with Crippen molar-refractivity contribution in [2.24, 2.45) is 5.41 Å². The topological polar surface area (TPSA) is 116 Å². The van der Waals surface area contributed by atoms with Crippen LogP contribution in [0.2, 0.25) is 0 Å². The van der Waals surface area contributed by atoms with Gasteiger partial charge < -0.3 is 10.4 Å². The van der Waals surface area contributed by atoms with Crippen LogP contribution in [0.3, 0.4) is 0 Å². The van der Waals surface area contributed by atoms with E-state index in [-0.39, 0.29) is 5.56 Å². The Morgan fingerprint density at radius 3 is 2.33 bits per heavy atom. The van der Waals surface area contributed by atoms with E-state index in [4.69, 9.17) is 0 Å². The summed E-state index contributed by atoms with van der Waals surface area (Å²) in [6, 6.07) is 4.40. The Hall–Kier alpha value is -2.90. The van der Waals surface area contributed by atoms with Crippen LogP contribution in [0.4, 0.5) is 10.5 Å². The molecule has 0 saturated carbocycles. The monoisotopic (exact) mass is 331 g/mol. The van der Waals surface area contributed by atoms with E-state index in [2.05, 4.69) is 10.6 Å². The van der Waals surface area contributed by atoms with E-state index in [0.29, 0.717) is 5.69 Å². The second kappa shape index (κ2) is 4.80. The largest absolute Gasteiger partial charge is 0.480 e. The van der Waals surface area contributed by atoms with Crippen molar-refractivity contribution in [1.29, 1.82) is 0 Å². The number of aliphatic carboxylic acids is 1. The maximum atomic E-state index is 13.1. The normalized spacial score (nSPS) is 24.0. The van der Waals surface area contributed by atoms with Crippen LogP contribution in [0.25, 0.3) is 0 Å². The Kier molecular flexibility index (Phi) is 3.19. The Balaban J connectivity index is 2.25. The van der Waals surface area contributed by atoms with E-state index in [1.54, 1.807) is 45.0 Å². The van der Waals surface area contributed by atoms with Gasteiger partial charge in [-0.3, -0.25) is 19.8 Å². The Morgan fingerprint density at radius 1 is 1.21 bits per heavy atom. The average molecular weight is 331 g/mol. The summed E-state index contributed by atoms with van der Waals surface area (Å²) in [5, 5.41) is 14.1. The first-order valence-electron chi connectivity index (χ1n) is 7.40. The standard InChI is InChI=1S/C16H17N3O5/c1-15(2,3)10(11(20)21)19-9-7-5-4-6-8(9)16(13(19)23)12(22)17-14(24)18-16/h4-7,10H,1-3H3,(H,20,21)(H2,17,18,22,24). The quantitative estimate of drug-likeness (QED) is 0.541. The number of para-hydroxylation sites is 1. The molecule has 8 heteroatoms. The summed E-state index contributed by atoms with van der Waals surface area (Å²) in [5.74, 6) is -2.76. The molecule has 126 valence electrons. The SMILES string of the molecule is CC(C)(C)C(C(=O)O)N1C(=O)C2(NC(=O)NC2=O)c2ccccc21. The average Bonchev–Trinajstić information content (AvgIpc) is 2.88. The number of amides is 4. The summed E-state index contributed by atoms with van der Waals surface area (Å²) in [6.07, 6.45) is 0. The van der Waals surface area contributed by atoms with E-state index in [0.717, 1.165) is 4.90 Å². The first kappa shape index (κ1) is 16.0. The van der Waals surface area contributed by atoms with Crippen molar-refractivity contribution >= 4 is 29.5 Å². The van der Waals surface area contributed by atoms with Gasteiger partial charge in [-0.2, -0.15) is 0 Å². The van der Waals surface area contributed by atoms with Gasteiger partial charge in [-0.15, -0.1) is 0 Å². The van der Waals surface area contributed by atoms with Crippen LogP contribution in [-0.4, -0.2) is 35.0 Å². The molecule has 3 N–H and O–H groups in total. The van der Waals surface area contributed by atoms with Gasteiger partial charge in [0.05, 0.1) is 5.69 Å². The summed E-state index contributed by atoms with van der Waals surface area (Å²) in [7, 11) is 0. The number of carboxylic acids is 1. The molecule has 8 nitrogen and oxygen atoms in total. The number of nitrogens with zero attached hydrogens (tertiary/aromatic N) is 1. The first-order chi connectivity index (χ1) is 11.1. The molecule has 2 unspecified atom stereocenters. The zero-order valence-corrected chi connectivity index (χ0v) is 13.4. The molecule has 2 aliphatic rings. The van der Waals surface area contributed by atoms with Crippen LogP contribution in [0, 0.1) is 5.41 Å². The second-order valence-corrected chi connectivity index (χ2v) is 6.96. The lowest BCUT2D eigenvalue weighted by Gasteiger charge is -2.35. The number of carboxylic acid groups (broad SMARTS) is 1. The van der Waals surface area contributed by atoms with E-state index < -0.39 is 40.8 Å². The third kappa shape index (κ3) is 1.92. The van der Waals surface area contributed by atoms with Gasteiger partial charge in [-0.1, -0.05) is 39.0 Å². The molecular weight excluding hydrogens is 314 g/mol. The molecular formula is C16H17N3O5. The molecule has 1 saturated heterocycles. The number of hydrogen-bond donors (Lipinski definition) is 3. The molecule has 0 bridgehead atoms. The zero-order chi connectivity index (χ0) is 17.9. The van der Waals surface area contributed by atoms with Gasteiger partial charge in [0.25, 0.3) is 11.8 Å². The van der Waals surface area contributed by atoms with Crippen molar-refractivity contribution in [3.05, 3.63) is 29.8 Å². The molecule has 2 aliphatic heterocycles. The highest BCUT2D eigenvalue weighted by Gasteiger charge is 2.63. The molecule has 1 aromatic rings. The lowest BCUT2D eigenvalue weighted by Crippen LogP contribution is -2.58. The molecule has 3 rings (SSSR count). The maximum Gasteiger partial charge on any atom is 0.327 e. The molecule has 24 heavy (non-hydrogen) atoms. The predicted octanol–water partition coefficient (Wildman–Crippen LogP) is 0.567. The van der Waals surface area contributed by atoms with Crippen LogP contribution in [0.5, 0.6) is 0 Å². The van der Waals surface area contributed by atoms with Crippen molar-refractivity contribution in [3.8, 4) is 0 Å². The molecule has 0 aromatic heterocycles. The predicted molar refractivity (Wildman–Crippen MR) is 83.2 cm³/mol. The van der Waals surface area contributed by atoms with Crippen LogP contribution >= 0.6 is 0 Å². The van der Waals surface area contributed by atoms with Gasteiger partial charge in [0.15, 0.2) is 0 Å². The van der Waals surface area contributed by atoms with Crippen molar-refractivity contribution in [1.82, 2.24) is 10.6 Å².